The molecule has 1 N–H and O–H groups in total. The molecule has 2 fully saturated rings. The van der Waals surface area contributed by atoms with E-state index in [0.29, 0.717) is 6.04 Å². The van der Waals surface area contributed by atoms with Crippen molar-refractivity contribution in [2.45, 2.75) is 89.2 Å². The Morgan fingerprint density at radius 3 is 2.43 bits per heavy atom. The molecule has 3 heteroatoms. The van der Waals surface area contributed by atoms with Crippen LogP contribution in [-0.2, 0) is 6.42 Å². The van der Waals surface area contributed by atoms with E-state index < -0.39 is 0 Å². The van der Waals surface area contributed by atoms with Crippen LogP contribution in [0.3, 0.4) is 0 Å². The van der Waals surface area contributed by atoms with Crippen LogP contribution in [0.25, 0.3) is 0 Å². The molecular weight excluding hydrogens is 260 g/mol. The molecule has 3 nitrogen and oxygen atoms in total. The molecule has 0 bridgehead atoms. The van der Waals surface area contributed by atoms with Crippen molar-refractivity contribution < 1.29 is 5.11 Å². The molecule has 2 saturated carbocycles. The first kappa shape index (κ1) is 15.1. The third kappa shape index (κ3) is 4.32. The van der Waals surface area contributed by atoms with Crippen LogP contribution in [0.1, 0.15) is 82.4 Å². The van der Waals surface area contributed by atoms with Crippen molar-refractivity contribution in [1.82, 2.24) is 9.78 Å². The molecule has 118 valence electrons. The smallest absolute Gasteiger partial charge is 0.0650 e. The summed E-state index contributed by atoms with van der Waals surface area (Å²) in [6, 6.07) is 2.71. The number of aliphatic hydroxyl groups excluding tert-OH is 1. The molecule has 1 atom stereocenters. The highest BCUT2D eigenvalue weighted by Gasteiger charge is 2.20. The number of aliphatic hydroxyl groups is 1. The van der Waals surface area contributed by atoms with E-state index in [2.05, 4.69) is 16.9 Å². The molecule has 0 amide bonds. The van der Waals surface area contributed by atoms with Crippen LogP contribution in [0.2, 0.25) is 0 Å². The molecule has 1 aromatic heterocycles. The van der Waals surface area contributed by atoms with Gasteiger partial charge < -0.3 is 5.11 Å². The number of hydrogen-bond donors (Lipinski definition) is 1. The summed E-state index contributed by atoms with van der Waals surface area (Å²) in [6.45, 7) is 0. The predicted molar refractivity (Wildman–Crippen MR) is 85.3 cm³/mol. The zero-order valence-corrected chi connectivity index (χ0v) is 13.2. The summed E-state index contributed by atoms with van der Waals surface area (Å²) in [7, 11) is 0. The summed E-state index contributed by atoms with van der Waals surface area (Å²) in [5.41, 5.74) is 1.07. The number of hydrogen-bond acceptors (Lipinski definition) is 2. The lowest BCUT2D eigenvalue weighted by Gasteiger charge is -2.17. The molecule has 2 aliphatic carbocycles. The summed E-state index contributed by atoms with van der Waals surface area (Å²) >= 11 is 0. The lowest BCUT2D eigenvalue weighted by Crippen LogP contribution is -2.17. The van der Waals surface area contributed by atoms with Crippen LogP contribution < -0.4 is 0 Å². The minimum absolute atomic E-state index is 0.208. The van der Waals surface area contributed by atoms with Crippen LogP contribution in [0.5, 0.6) is 0 Å². The van der Waals surface area contributed by atoms with Gasteiger partial charge >= 0.3 is 0 Å². The van der Waals surface area contributed by atoms with Crippen molar-refractivity contribution in [2.75, 3.05) is 0 Å². The summed E-state index contributed by atoms with van der Waals surface area (Å²) in [5.74, 6) is 0.736. The van der Waals surface area contributed by atoms with E-state index in [1.165, 1.54) is 64.2 Å². The minimum atomic E-state index is -0.208. The zero-order chi connectivity index (χ0) is 14.5. The molecule has 21 heavy (non-hydrogen) atoms. The predicted octanol–water partition coefficient (Wildman–Crippen LogP) is 4.26. The van der Waals surface area contributed by atoms with Gasteiger partial charge in [-0.15, -0.1) is 0 Å². The average Bonchev–Trinajstić information content (AvgIpc) is 3.07. The van der Waals surface area contributed by atoms with Crippen molar-refractivity contribution in [2.24, 2.45) is 5.92 Å². The van der Waals surface area contributed by atoms with E-state index in [4.69, 9.17) is 5.10 Å². The second-order valence-electron chi connectivity index (χ2n) is 7.18. The Morgan fingerprint density at radius 2 is 1.71 bits per heavy atom. The van der Waals surface area contributed by atoms with Gasteiger partial charge in [-0.25, -0.2) is 0 Å². The van der Waals surface area contributed by atoms with Gasteiger partial charge in [0.05, 0.1) is 17.8 Å². The summed E-state index contributed by atoms with van der Waals surface area (Å²) in [4.78, 5) is 0. The van der Waals surface area contributed by atoms with Gasteiger partial charge in [0.1, 0.15) is 0 Å². The fourth-order valence-electron chi connectivity index (χ4n) is 4.17. The quantitative estimate of drug-likeness (QED) is 0.823. The Labute approximate surface area is 128 Å². The SMILES string of the molecule is OC(Cc1ccn(C2CCCC2)n1)CC1CCCCCC1. The van der Waals surface area contributed by atoms with E-state index in [1.54, 1.807) is 0 Å². The third-order valence-electron chi connectivity index (χ3n) is 5.39. The van der Waals surface area contributed by atoms with Crippen molar-refractivity contribution in [1.29, 1.82) is 0 Å². The first-order valence-corrected chi connectivity index (χ1v) is 9.03. The lowest BCUT2D eigenvalue weighted by molar-refractivity contribution is 0.136. The first-order chi connectivity index (χ1) is 10.3. The van der Waals surface area contributed by atoms with Crippen molar-refractivity contribution in [3.05, 3.63) is 18.0 Å². The number of rotatable bonds is 5. The van der Waals surface area contributed by atoms with Crippen molar-refractivity contribution in [3.8, 4) is 0 Å². The van der Waals surface area contributed by atoms with E-state index >= 15 is 0 Å². The Balaban J connectivity index is 1.48. The molecule has 0 saturated heterocycles. The summed E-state index contributed by atoms with van der Waals surface area (Å²) in [6.07, 6.45) is 16.9. The molecule has 0 aromatic carbocycles. The van der Waals surface area contributed by atoms with Gasteiger partial charge in [-0.3, -0.25) is 4.68 Å². The second kappa shape index (κ2) is 7.44. The van der Waals surface area contributed by atoms with Gasteiger partial charge in [-0.05, 0) is 31.2 Å². The van der Waals surface area contributed by atoms with Crippen LogP contribution in [0, 0.1) is 5.92 Å². The standard InChI is InChI=1S/C18H30N2O/c21-18(13-15-7-3-1-2-4-8-15)14-16-11-12-20(19-16)17-9-5-6-10-17/h11-12,15,17-18,21H,1-10,13-14H2. The zero-order valence-electron chi connectivity index (χ0n) is 13.2. The largest absolute Gasteiger partial charge is 0.393 e. The molecule has 1 unspecified atom stereocenters. The normalized spacial score (nSPS) is 23.3. The fraction of sp³-hybridized carbons (Fsp3) is 0.833. The fourth-order valence-corrected chi connectivity index (χ4v) is 4.17. The average molecular weight is 290 g/mol. The van der Waals surface area contributed by atoms with Gasteiger partial charge in [0, 0.05) is 12.6 Å². The van der Waals surface area contributed by atoms with E-state index in [9.17, 15) is 5.11 Å². The molecule has 3 rings (SSSR count). The number of aromatic nitrogens is 2. The Bertz CT molecular complexity index is 415. The Hall–Kier alpha value is -0.830. The van der Waals surface area contributed by atoms with Gasteiger partial charge in [-0.2, -0.15) is 5.10 Å². The molecule has 1 heterocycles. The molecule has 0 aliphatic heterocycles. The third-order valence-corrected chi connectivity index (χ3v) is 5.39. The first-order valence-electron chi connectivity index (χ1n) is 9.03. The van der Waals surface area contributed by atoms with E-state index in [1.807, 2.05) is 0 Å². The van der Waals surface area contributed by atoms with E-state index in [0.717, 1.165) is 24.5 Å². The van der Waals surface area contributed by atoms with Crippen molar-refractivity contribution >= 4 is 0 Å². The highest BCUT2D eigenvalue weighted by atomic mass is 16.3. The highest BCUT2D eigenvalue weighted by molar-refractivity contribution is 5.02. The van der Waals surface area contributed by atoms with Gasteiger partial charge in [0.25, 0.3) is 0 Å². The molecule has 1 aromatic rings. The van der Waals surface area contributed by atoms with Crippen LogP contribution in [-0.4, -0.2) is 21.0 Å². The molecule has 0 spiro atoms. The van der Waals surface area contributed by atoms with Crippen LogP contribution in [0.4, 0.5) is 0 Å². The summed E-state index contributed by atoms with van der Waals surface area (Å²) < 4.78 is 2.14. The van der Waals surface area contributed by atoms with Gasteiger partial charge in [0.15, 0.2) is 0 Å². The molecule has 0 radical (unpaired) electrons. The lowest BCUT2D eigenvalue weighted by atomic mass is 9.92. The number of nitrogens with zero attached hydrogens (tertiary/aromatic N) is 2. The van der Waals surface area contributed by atoms with Gasteiger partial charge in [0.2, 0.25) is 0 Å². The maximum absolute atomic E-state index is 10.4. The molecule has 2 aliphatic rings. The minimum Gasteiger partial charge on any atom is -0.393 e. The maximum atomic E-state index is 10.4. The topological polar surface area (TPSA) is 38.0 Å². The summed E-state index contributed by atoms with van der Waals surface area (Å²) in [5, 5.41) is 15.1. The van der Waals surface area contributed by atoms with Crippen molar-refractivity contribution in [3.63, 3.8) is 0 Å². The Kier molecular flexibility index (Phi) is 5.34. The van der Waals surface area contributed by atoms with Crippen LogP contribution >= 0.6 is 0 Å². The second-order valence-corrected chi connectivity index (χ2v) is 7.18. The monoisotopic (exact) mass is 290 g/mol. The maximum Gasteiger partial charge on any atom is 0.0650 e. The van der Waals surface area contributed by atoms with E-state index in [-0.39, 0.29) is 6.10 Å². The highest BCUT2D eigenvalue weighted by Crippen LogP contribution is 2.29. The van der Waals surface area contributed by atoms with Gasteiger partial charge in [-0.1, -0.05) is 51.4 Å². The van der Waals surface area contributed by atoms with Crippen LogP contribution in [0.15, 0.2) is 12.3 Å². The Morgan fingerprint density at radius 1 is 1.05 bits per heavy atom. The molecular formula is C18H30N2O.